The van der Waals surface area contributed by atoms with E-state index in [0.29, 0.717) is 6.04 Å². The van der Waals surface area contributed by atoms with Crippen molar-refractivity contribution in [1.82, 2.24) is 5.32 Å². The molecule has 1 unspecified atom stereocenters. The Kier molecular flexibility index (Phi) is 4.46. The van der Waals surface area contributed by atoms with Crippen LogP contribution in [0.5, 0.6) is 5.75 Å². The van der Waals surface area contributed by atoms with E-state index in [1.54, 1.807) is 12.1 Å². The number of rotatable bonds is 4. The highest BCUT2D eigenvalue weighted by atomic mass is 35.5. The maximum absolute atomic E-state index is 9.39. The molecule has 1 atom stereocenters. The molecule has 0 bridgehead atoms. The topological polar surface area (TPSA) is 32.3 Å². The largest absolute Gasteiger partial charge is 0.508 e. The zero-order valence-corrected chi connectivity index (χ0v) is 11.9. The van der Waals surface area contributed by atoms with Gasteiger partial charge in [0.1, 0.15) is 5.75 Å². The Balaban J connectivity index is 2.35. The summed E-state index contributed by atoms with van der Waals surface area (Å²) in [6, 6.07) is 15.6. The predicted molar refractivity (Wildman–Crippen MR) is 79.7 cm³/mol. The van der Waals surface area contributed by atoms with Gasteiger partial charge in [-0.2, -0.15) is 0 Å². The van der Waals surface area contributed by atoms with Gasteiger partial charge in [-0.15, -0.1) is 0 Å². The second-order valence-electron chi connectivity index (χ2n) is 4.90. The van der Waals surface area contributed by atoms with E-state index in [0.717, 1.165) is 16.1 Å². The molecule has 0 fully saturated rings. The first-order chi connectivity index (χ1) is 9.06. The molecule has 100 valence electrons. The Hall–Kier alpha value is -1.51. The van der Waals surface area contributed by atoms with Crippen molar-refractivity contribution in [3.63, 3.8) is 0 Å². The Morgan fingerprint density at radius 1 is 0.895 bits per heavy atom. The highest BCUT2D eigenvalue weighted by Gasteiger charge is 2.14. The predicted octanol–water partition coefficient (Wildman–Crippen LogP) is 4.13. The van der Waals surface area contributed by atoms with Crippen molar-refractivity contribution in [2.45, 2.75) is 25.9 Å². The van der Waals surface area contributed by atoms with Crippen molar-refractivity contribution >= 4 is 11.6 Å². The molecule has 2 nitrogen and oxygen atoms in total. The average molecular weight is 276 g/mol. The SMILES string of the molecule is CC(C)NC(c1ccc(O)cc1)c1ccc(Cl)cc1. The molecule has 0 aliphatic rings. The van der Waals surface area contributed by atoms with Gasteiger partial charge < -0.3 is 10.4 Å². The molecule has 0 aliphatic heterocycles. The second kappa shape index (κ2) is 6.09. The molecule has 0 amide bonds. The number of hydrogen-bond donors (Lipinski definition) is 2. The van der Waals surface area contributed by atoms with Crippen molar-refractivity contribution in [2.75, 3.05) is 0 Å². The van der Waals surface area contributed by atoms with Crippen molar-refractivity contribution in [1.29, 1.82) is 0 Å². The van der Waals surface area contributed by atoms with Crippen molar-refractivity contribution in [3.8, 4) is 5.75 Å². The van der Waals surface area contributed by atoms with Crippen LogP contribution in [-0.4, -0.2) is 11.1 Å². The summed E-state index contributed by atoms with van der Waals surface area (Å²) in [6.07, 6.45) is 0. The zero-order valence-electron chi connectivity index (χ0n) is 11.1. The number of nitrogens with one attached hydrogen (secondary N) is 1. The third kappa shape index (κ3) is 3.72. The van der Waals surface area contributed by atoms with Gasteiger partial charge >= 0.3 is 0 Å². The summed E-state index contributed by atoms with van der Waals surface area (Å²) < 4.78 is 0. The van der Waals surface area contributed by atoms with Crippen LogP contribution >= 0.6 is 11.6 Å². The molecule has 0 saturated carbocycles. The molecule has 0 aromatic heterocycles. The monoisotopic (exact) mass is 275 g/mol. The molecular weight excluding hydrogens is 258 g/mol. The van der Waals surface area contributed by atoms with E-state index < -0.39 is 0 Å². The summed E-state index contributed by atoms with van der Waals surface area (Å²) in [6.45, 7) is 4.23. The first-order valence-electron chi connectivity index (χ1n) is 6.36. The number of benzene rings is 2. The van der Waals surface area contributed by atoms with Gasteiger partial charge in [0.05, 0.1) is 6.04 Å². The van der Waals surface area contributed by atoms with Crippen LogP contribution in [0, 0.1) is 0 Å². The van der Waals surface area contributed by atoms with Crippen LogP contribution < -0.4 is 5.32 Å². The summed E-state index contributed by atoms with van der Waals surface area (Å²) in [5.74, 6) is 0.281. The van der Waals surface area contributed by atoms with Crippen LogP contribution in [0.1, 0.15) is 31.0 Å². The minimum atomic E-state index is 0.0952. The van der Waals surface area contributed by atoms with Crippen molar-refractivity contribution in [2.24, 2.45) is 0 Å². The van der Waals surface area contributed by atoms with Gasteiger partial charge in [-0.1, -0.05) is 35.9 Å². The number of phenolic OH excluding ortho intramolecular Hbond substituents is 1. The van der Waals surface area contributed by atoms with Gasteiger partial charge in [0.25, 0.3) is 0 Å². The molecule has 0 radical (unpaired) electrons. The molecule has 0 spiro atoms. The first kappa shape index (κ1) is 13.9. The van der Waals surface area contributed by atoms with Crippen molar-refractivity contribution in [3.05, 3.63) is 64.7 Å². The summed E-state index contributed by atoms with van der Waals surface area (Å²) in [4.78, 5) is 0. The Morgan fingerprint density at radius 2 is 1.37 bits per heavy atom. The summed E-state index contributed by atoms with van der Waals surface area (Å²) in [7, 11) is 0. The molecule has 2 aromatic rings. The summed E-state index contributed by atoms with van der Waals surface area (Å²) in [5.41, 5.74) is 2.28. The van der Waals surface area contributed by atoms with Crippen LogP contribution in [0.2, 0.25) is 5.02 Å². The zero-order chi connectivity index (χ0) is 13.8. The average Bonchev–Trinajstić information content (AvgIpc) is 2.38. The Labute approximate surface area is 119 Å². The molecule has 3 heteroatoms. The molecule has 2 rings (SSSR count). The summed E-state index contributed by atoms with van der Waals surface area (Å²) in [5, 5.41) is 13.7. The van der Waals surface area contributed by atoms with Gasteiger partial charge in [-0.3, -0.25) is 0 Å². The van der Waals surface area contributed by atoms with Gasteiger partial charge in [-0.25, -0.2) is 0 Å². The molecule has 0 aliphatic carbocycles. The third-order valence-corrected chi connectivity index (χ3v) is 3.18. The lowest BCUT2D eigenvalue weighted by Gasteiger charge is -2.22. The van der Waals surface area contributed by atoms with Crippen molar-refractivity contribution < 1.29 is 5.11 Å². The standard InChI is InChI=1S/C16H18ClNO/c1-11(2)18-16(12-3-7-14(17)8-4-12)13-5-9-15(19)10-6-13/h3-11,16,18-19H,1-2H3. The van der Waals surface area contributed by atoms with E-state index in [2.05, 4.69) is 19.2 Å². The van der Waals surface area contributed by atoms with E-state index in [4.69, 9.17) is 11.6 Å². The molecule has 0 heterocycles. The number of halogens is 1. The lowest BCUT2D eigenvalue weighted by molar-refractivity contribution is 0.474. The number of phenols is 1. The van der Waals surface area contributed by atoms with Gasteiger partial charge in [-0.05, 0) is 49.2 Å². The van der Waals surface area contributed by atoms with E-state index >= 15 is 0 Å². The van der Waals surface area contributed by atoms with Crippen LogP contribution in [0.4, 0.5) is 0 Å². The quantitative estimate of drug-likeness (QED) is 0.879. The fourth-order valence-electron chi connectivity index (χ4n) is 2.04. The fraction of sp³-hybridized carbons (Fsp3) is 0.250. The fourth-order valence-corrected chi connectivity index (χ4v) is 2.17. The molecule has 2 N–H and O–H groups in total. The molecule has 2 aromatic carbocycles. The lowest BCUT2D eigenvalue weighted by Crippen LogP contribution is -2.28. The van der Waals surface area contributed by atoms with Crippen LogP contribution in [0.25, 0.3) is 0 Å². The van der Waals surface area contributed by atoms with Gasteiger partial charge in [0.15, 0.2) is 0 Å². The Morgan fingerprint density at radius 3 is 1.84 bits per heavy atom. The highest BCUT2D eigenvalue weighted by Crippen LogP contribution is 2.25. The molecule has 19 heavy (non-hydrogen) atoms. The van der Waals surface area contributed by atoms with E-state index in [1.165, 1.54) is 0 Å². The summed E-state index contributed by atoms with van der Waals surface area (Å²) >= 11 is 5.94. The number of hydrogen-bond acceptors (Lipinski definition) is 2. The van der Waals surface area contributed by atoms with Gasteiger partial charge in [0, 0.05) is 11.1 Å². The maximum Gasteiger partial charge on any atom is 0.115 e. The second-order valence-corrected chi connectivity index (χ2v) is 5.33. The third-order valence-electron chi connectivity index (χ3n) is 2.93. The minimum Gasteiger partial charge on any atom is -0.508 e. The minimum absolute atomic E-state index is 0.0952. The van der Waals surface area contributed by atoms with E-state index in [9.17, 15) is 5.11 Å². The van der Waals surface area contributed by atoms with Crippen LogP contribution in [0.15, 0.2) is 48.5 Å². The normalized spacial score (nSPS) is 12.6. The van der Waals surface area contributed by atoms with Crippen LogP contribution in [-0.2, 0) is 0 Å². The maximum atomic E-state index is 9.39. The molecule has 0 saturated heterocycles. The van der Waals surface area contributed by atoms with E-state index in [-0.39, 0.29) is 11.8 Å². The smallest absolute Gasteiger partial charge is 0.115 e. The highest BCUT2D eigenvalue weighted by molar-refractivity contribution is 6.30. The first-order valence-corrected chi connectivity index (χ1v) is 6.74. The van der Waals surface area contributed by atoms with Gasteiger partial charge in [0.2, 0.25) is 0 Å². The Bertz CT molecular complexity index is 474. The molecular formula is C16H18ClNO. The van der Waals surface area contributed by atoms with E-state index in [1.807, 2.05) is 36.4 Å². The lowest BCUT2D eigenvalue weighted by atomic mass is 9.98. The van der Waals surface area contributed by atoms with Crippen LogP contribution in [0.3, 0.4) is 0 Å². The number of aromatic hydroxyl groups is 1.